The second-order valence-corrected chi connectivity index (χ2v) is 7.03. The van der Waals surface area contributed by atoms with Gasteiger partial charge in [-0.25, -0.2) is 4.98 Å². The molecule has 3 atom stereocenters. The number of amides is 1. The third-order valence-electron chi connectivity index (χ3n) is 4.10. The number of aromatic nitrogens is 2. The average Bonchev–Trinajstić information content (AvgIpc) is 3.31. The van der Waals surface area contributed by atoms with E-state index in [2.05, 4.69) is 15.3 Å². The lowest BCUT2D eigenvalue weighted by Crippen LogP contribution is -2.49. The highest BCUT2D eigenvalue weighted by Crippen LogP contribution is 2.41. The molecule has 1 fully saturated rings. The summed E-state index contributed by atoms with van der Waals surface area (Å²) in [5, 5.41) is 2.83. The molecule has 0 aliphatic heterocycles. The molecule has 0 bridgehead atoms. The van der Waals surface area contributed by atoms with Gasteiger partial charge in [0.2, 0.25) is 5.91 Å². The van der Waals surface area contributed by atoms with Crippen molar-refractivity contribution in [1.29, 1.82) is 0 Å². The van der Waals surface area contributed by atoms with Gasteiger partial charge in [-0.1, -0.05) is 27.7 Å². The van der Waals surface area contributed by atoms with E-state index < -0.39 is 6.04 Å². The van der Waals surface area contributed by atoms with Crippen LogP contribution in [0.5, 0.6) is 0 Å². The summed E-state index contributed by atoms with van der Waals surface area (Å²) in [7, 11) is 0. The molecule has 2 rings (SSSR count). The zero-order valence-electron chi connectivity index (χ0n) is 14.0. The molecular formula is C17H23N3O3. The number of hydrogen-bond donors (Lipinski definition) is 1. The maximum Gasteiger partial charge on any atom is 0.224 e. The third kappa shape index (κ3) is 4.00. The van der Waals surface area contributed by atoms with Crippen molar-refractivity contribution in [3.63, 3.8) is 0 Å². The van der Waals surface area contributed by atoms with Crippen molar-refractivity contribution in [2.24, 2.45) is 17.3 Å². The van der Waals surface area contributed by atoms with Gasteiger partial charge in [0, 0.05) is 30.7 Å². The topological polar surface area (TPSA) is 89.0 Å². The van der Waals surface area contributed by atoms with Gasteiger partial charge in [0.15, 0.2) is 11.6 Å². The van der Waals surface area contributed by atoms with Crippen LogP contribution < -0.4 is 5.32 Å². The van der Waals surface area contributed by atoms with E-state index in [0.717, 1.165) is 0 Å². The van der Waals surface area contributed by atoms with Gasteiger partial charge in [-0.15, -0.1) is 0 Å². The molecule has 6 heteroatoms. The molecule has 2 unspecified atom stereocenters. The van der Waals surface area contributed by atoms with Gasteiger partial charge in [-0.05, 0) is 11.8 Å². The van der Waals surface area contributed by atoms with Gasteiger partial charge in [-0.2, -0.15) is 0 Å². The monoisotopic (exact) mass is 317 g/mol. The number of rotatable bonds is 6. The molecule has 0 saturated heterocycles. The first-order chi connectivity index (χ1) is 10.8. The van der Waals surface area contributed by atoms with Crippen LogP contribution >= 0.6 is 0 Å². The van der Waals surface area contributed by atoms with Gasteiger partial charge in [0.1, 0.15) is 5.69 Å². The van der Waals surface area contributed by atoms with Crippen LogP contribution in [0.25, 0.3) is 0 Å². The zero-order chi connectivity index (χ0) is 17.2. The van der Waals surface area contributed by atoms with E-state index in [-0.39, 0.29) is 40.4 Å². The normalized spacial score (nSPS) is 21.4. The van der Waals surface area contributed by atoms with E-state index in [1.54, 1.807) is 6.92 Å². The van der Waals surface area contributed by atoms with Gasteiger partial charge in [0.05, 0.1) is 12.2 Å². The van der Waals surface area contributed by atoms with Crippen molar-refractivity contribution in [3.05, 3.63) is 24.3 Å². The molecule has 1 heterocycles. The van der Waals surface area contributed by atoms with Crippen LogP contribution in [0, 0.1) is 17.3 Å². The summed E-state index contributed by atoms with van der Waals surface area (Å²) in [6.45, 7) is 7.53. The van der Waals surface area contributed by atoms with Gasteiger partial charge >= 0.3 is 0 Å². The predicted molar refractivity (Wildman–Crippen MR) is 84.6 cm³/mol. The number of carbonyl (C=O) groups is 3. The highest BCUT2D eigenvalue weighted by molar-refractivity contribution is 6.02. The quantitative estimate of drug-likeness (QED) is 0.808. The Morgan fingerprint density at radius 1 is 1.26 bits per heavy atom. The largest absolute Gasteiger partial charge is 0.345 e. The van der Waals surface area contributed by atoms with E-state index in [4.69, 9.17) is 0 Å². The predicted octanol–water partition coefficient (Wildman–Crippen LogP) is 1.81. The number of nitrogens with one attached hydrogen (secondary N) is 1. The number of Topliss-reactive ketones (excluding diaryl/α,β-unsaturated/α-hetero) is 2. The summed E-state index contributed by atoms with van der Waals surface area (Å²) in [5.41, 5.74) is -0.0768. The molecular weight excluding hydrogens is 294 g/mol. The molecule has 0 spiro atoms. The van der Waals surface area contributed by atoms with Gasteiger partial charge in [0.25, 0.3) is 0 Å². The highest BCUT2D eigenvalue weighted by atomic mass is 16.2. The molecule has 1 aliphatic carbocycles. The minimum atomic E-state index is -0.534. The Morgan fingerprint density at radius 3 is 2.48 bits per heavy atom. The third-order valence-corrected chi connectivity index (χ3v) is 4.10. The first-order valence-electron chi connectivity index (χ1n) is 7.89. The van der Waals surface area contributed by atoms with Crippen LogP contribution in [0.2, 0.25) is 0 Å². The molecule has 1 amide bonds. The first-order valence-corrected chi connectivity index (χ1v) is 7.89. The van der Waals surface area contributed by atoms with Crippen LogP contribution in [0.1, 0.15) is 51.0 Å². The van der Waals surface area contributed by atoms with Crippen molar-refractivity contribution >= 4 is 17.5 Å². The summed E-state index contributed by atoms with van der Waals surface area (Å²) in [6.07, 6.45) is 5.24. The lowest BCUT2D eigenvalue weighted by Gasteiger charge is -2.30. The number of ketones is 2. The Labute approximate surface area is 136 Å². The molecule has 1 aromatic heterocycles. The molecule has 0 aromatic carbocycles. The Balaban J connectivity index is 2.00. The van der Waals surface area contributed by atoms with E-state index in [1.165, 1.54) is 18.6 Å². The fourth-order valence-corrected chi connectivity index (χ4v) is 2.62. The van der Waals surface area contributed by atoms with E-state index >= 15 is 0 Å². The molecule has 6 nitrogen and oxygen atoms in total. The van der Waals surface area contributed by atoms with Gasteiger partial charge < -0.3 is 5.32 Å². The standard InChI is InChI=1S/C17H23N3O3/c1-5-13(21)15(17(2,3)4)20-16(23)11-8-10(11)14(22)12-9-18-6-7-19-12/h6-7,9-11,15H,5,8H2,1-4H3,(H,20,23)/t10?,11-,15?/m0/s1. The Bertz CT molecular complexity index is 607. The minimum absolute atomic E-state index is 0.00306. The van der Waals surface area contributed by atoms with Crippen LogP contribution in [-0.2, 0) is 9.59 Å². The van der Waals surface area contributed by atoms with Crippen molar-refractivity contribution in [2.75, 3.05) is 0 Å². The molecule has 124 valence electrons. The number of hydrogen-bond acceptors (Lipinski definition) is 5. The van der Waals surface area contributed by atoms with E-state index in [0.29, 0.717) is 12.8 Å². The van der Waals surface area contributed by atoms with E-state index in [9.17, 15) is 14.4 Å². The summed E-state index contributed by atoms with van der Waals surface area (Å²) in [6, 6.07) is -0.534. The Hall–Kier alpha value is -2.11. The lowest BCUT2D eigenvalue weighted by molar-refractivity contribution is -0.130. The van der Waals surface area contributed by atoms with Crippen molar-refractivity contribution in [2.45, 2.75) is 46.6 Å². The second-order valence-electron chi connectivity index (χ2n) is 7.03. The first kappa shape index (κ1) is 17.2. The summed E-state index contributed by atoms with van der Waals surface area (Å²) >= 11 is 0. The second kappa shape index (κ2) is 6.56. The molecule has 0 radical (unpaired) electrons. The molecule has 1 saturated carbocycles. The fraction of sp³-hybridized carbons (Fsp3) is 0.588. The molecule has 23 heavy (non-hydrogen) atoms. The summed E-state index contributed by atoms with van der Waals surface area (Å²) < 4.78 is 0. The average molecular weight is 317 g/mol. The van der Waals surface area contributed by atoms with Crippen molar-refractivity contribution in [3.8, 4) is 0 Å². The van der Waals surface area contributed by atoms with Crippen molar-refractivity contribution < 1.29 is 14.4 Å². The molecule has 1 aromatic rings. The van der Waals surface area contributed by atoms with Crippen LogP contribution in [-0.4, -0.2) is 33.5 Å². The number of carbonyl (C=O) groups excluding carboxylic acids is 3. The molecule has 1 N–H and O–H groups in total. The lowest BCUT2D eigenvalue weighted by atomic mass is 9.83. The summed E-state index contributed by atoms with van der Waals surface area (Å²) in [4.78, 5) is 44.5. The van der Waals surface area contributed by atoms with Crippen molar-refractivity contribution in [1.82, 2.24) is 15.3 Å². The highest BCUT2D eigenvalue weighted by Gasteiger charge is 2.49. The Morgan fingerprint density at radius 2 is 1.96 bits per heavy atom. The fourth-order valence-electron chi connectivity index (χ4n) is 2.62. The number of nitrogens with zero attached hydrogens (tertiary/aromatic N) is 2. The van der Waals surface area contributed by atoms with Crippen LogP contribution in [0.3, 0.4) is 0 Å². The Kier molecular flexibility index (Phi) is 4.92. The minimum Gasteiger partial charge on any atom is -0.345 e. The maximum absolute atomic E-state index is 12.4. The van der Waals surface area contributed by atoms with Crippen LogP contribution in [0.15, 0.2) is 18.6 Å². The maximum atomic E-state index is 12.4. The SMILES string of the molecule is CCC(=O)C(NC(=O)[C@H]1CC1C(=O)c1cnccn1)C(C)(C)C. The smallest absolute Gasteiger partial charge is 0.224 e. The summed E-state index contributed by atoms with van der Waals surface area (Å²) in [5.74, 6) is -1.12. The van der Waals surface area contributed by atoms with E-state index in [1.807, 2.05) is 20.8 Å². The zero-order valence-corrected chi connectivity index (χ0v) is 14.0. The van der Waals surface area contributed by atoms with Crippen LogP contribution in [0.4, 0.5) is 0 Å². The van der Waals surface area contributed by atoms with Gasteiger partial charge in [-0.3, -0.25) is 19.4 Å². The molecule has 1 aliphatic rings.